The maximum atomic E-state index is 12.6. The standard InChI is InChI=1S/C30H24O2/c31-30(29-18-22-9-12-27(29)17-22)32-28-14-13-25-16-21(8-11-26(25)19-28)6-5-20-7-10-23-3-1-2-4-24(23)15-20/h1-16,19,22,27,29H,17-18H2. The van der Waals surface area contributed by atoms with E-state index >= 15 is 0 Å². The molecule has 0 heterocycles. The van der Waals surface area contributed by atoms with Gasteiger partial charge in [0.15, 0.2) is 0 Å². The summed E-state index contributed by atoms with van der Waals surface area (Å²) >= 11 is 0. The summed E-state index contributed by atoms with van der Waals surface area (Å²) in [5.41, 5.74) is 2.32. The Hall–Kier alpha value is -3.65. The van der Waals surface area contributed by atoms with Gasteiger partial charge in [0.1, 0.15) is 5.75 Å². The van der Waals surface area contributed by atoms with Crippen molar-refractivity contribution in [2.75, 3.05) is 0 Å². The summed E-state index contributed by atoms with van der Waals surface area (Å²) in [6.07, 6.45) is 10.8. The minimum absolute atomic E-state index is 0.0170. The minimum atomic E-state index is -0.0869. The smallest absolute Gasteiger partial charge is 0.314 e. The summed E-state index contributed by atoms with van der Waals surface area (Å²) in [5, 5.41) is 4.71. The van der Waals surface area contributed by atoms with Crippen LogP contribution in [0.2, 0.25) is 0 Å². The molecule has 2 aliphatic rings. The number of ether oxygens (including phenoxy) is 1. The molecule has 0 spiro atoms. The van der Waals surface area contributed by atoms with E-state index in [0.717, 1.165) is 29.2 Å². The first-order valence-corrected chi connectivity index (χ1v) is 11.3. The summed E-state index contributed by atoms with van der Waals surface area (Å²) in [5.74, 6) is 1.49. The maximum absolute atomic E-state index is 12.6. The van der Waals surface area contributed by atoms with Crippen LogP contribution >= 0.6 is 0 Å². The van der Waals surface area contributed by atoms with Crippen molar-refractivity contribution in [2.45, 2.75) is 12.8 Å². The molecule has 0 N–H and O–H groups in total. The zero-order valence-corrected chi connectivity index (χ0v) is 17.8. The molecule has 2 aliphatic carbocycles. The number of hydrogen-bond acceptors (Lipinski definition) is 2. The molecule has 0 radical (unpaired) electrons. The first kappa shape index (κ1) is 19.1. The molecule has 1 fully saturated rings. The van der Waals surface area contributed by atoms with Crippen molar-refractivity contribution in [2.24, 2.45) is 17.8 Å². The van der Waals surface area contributed by atoms with Crippen LogP contribution < -0.4 is 4.74 Å². The molecule has 0 saturated heterocycles. The maximum Gasteiger partial charge on any atom is 0.314 e. The van der Waals surface area contributed by atoms with Gasteiger partial charge >= 0.3 is 5.97 Å². The number of allylic oxidation sites excluding steroid dienone is 2. The molecule has 3 atom stereocenters. The van der Waals surface area contributed by atoms with Gasteiger partial charge in [-0.3, -0.25) is 4.79 Å². The number of carbonyl (C=O) groups excluding carboxylic acids is 1. The van der Waals surface area contributed by atoms with E-state index in [4.69, 9.17) is 4.74 Å². The summed E-state index contributed by atoms with van der Waals surface area (Å²) in [7, 11) is 0. The third kappa shape index (κ3) is 3.62. The second-order valence-corrected chi connectivity index (χ2v) is 9.02. The molecular weight excluding hydrogens is 392 g/mol. The fraction of sp³-hybridized carbons (Fsp3) is 0.167. The topological polar surface area (TPSA) is 26.3 Å². The molecule has 156 valence electrons. The van der Waals surface area contributed by atoms with Crippen LogP contribution in [-0.4, -0.2) is 5.97 Å². The number of benzene rings is 4. The van der Waals surface area contributed by atoms with E-state index in [9.17, 15) is 4.79 Å². The Morgan fingerprint density at radius 3 is 2.09 bits per heavy atom. The lowest BCUT2D eigenvalue weighted by molar-refractivity contribution is -0.139. The molecule has 6 rings (SSSR count). The molecule has 0 amide bonds. The Kier molecular flexibility index (Phi) is 4.65. The molecule has 2 bridgehead atoms. The van der Waals surface area contributed by atoms with Crippen LogP contribution in [0.4, 0.5) is 0 Å². The normalized spacial score (nSPS) is 21.7. The Balaban J connectivity index is 1.19. The average molecular weight is 417 g/mol. The predicted molar refractivity (Wildman–Crippen MR) is 131 cm³/mol. The fourth-order valence-electron chi connectivity index (χ4n) is 5.16. The van der Waals surface area contributed by atoms with Crippen LogP contribution in [-0.2, 0) is 4.79 Å². The third-order valence-electron chi connectivity index (χ3n) is 6.88. The summed E-state index contributed by atoms with van der Waals surface area (Å²) < 4.78 is 5.74. The van der Waals surface area contributed by atoms with Gasteiger partial charge in [-0.2, -0.15) is 0 Å². The summed E-state index contributed by atoms with van der Waals surface area (Å²) in [6.45, 7) is 0. The van der Waals surface area contributed by atoms with Crippen LogP contribution in [0.3, 0.4) is 0 Å². The highest BCUT2D eigenvalue weighted by Gasteiger charge is 2.40. The minimum Gasteiger partial charge on any atom is -0.426 e. The van der Waals surface area contributed by atoms with Crippen molar-refractivity contribution >= 4 is 39.7 Å². The molecule has 3 unspecified atom stereocenters. The van der Waals surface area contributed by atoms with Gasteiger partial charge in [-0.1, -0.05) is 78.9 Å². The predicted octanol–water partition coefficient (Wildman–Crippen LogP) is 7.28. The van der Waals surface area contributed by atoms with Gasteiger partial charge < -0.3 is 4.74 Å². The first-order valence-electron chi connectivity index (χ1n) is 11.3. The van der Waals surface area contributed by atoms with Gasteiger partial charge in [-0.25, -0.2) is 0 Å². The quantitative estimate of drug-likeness (QED) is 0.151. The van der Waals surface area contributed by atoms with Gasteiger partial charge in [-0.15, -0.1) is 0 Å². The van der Waals surface area contributed by atoms with Gasteiger partial charge in [0.05, 0.1) is 5.92 Å². The Morgan fingerprint density at radius 2 is 1.38 bits per heavy atom. The van der Waals surface area contributed by atoms with E-state index in [-0.39, 0.29) is 11.9 Å². The Labute approximate surface area is 187 Å². The molecule has 2 heteroatoms. The van der Waals surface area contributed by atoms with Gasteiger partial charge in [0.2, 0.25) is 0 Å². The lowest BCUT2D eigenvalue weighted by Gasteiger charge is -2.16. The fourth-order valence-corrected chi connectivity index (χ4v) is 5.16. The van der Waals surface area contributed by atoms with Crippen molar-refractivity contribution in [1.82, 2.24) is 0 Å². The van der Waals surface area contributed by atoms with Gasteiger partial charge in [-0.05, 0) is 81.6 Å². The average Bonchev–Trinajstić information content (AvgIpc) is 3.46. The largest absolute Gasteiger partial charge is 0.426 e. The molecule has 4 aromatic rings. The summed E-state index contributed by atoms with van der Waals surface area (Å²) in [4.78, 5) is 12.6. The Bertz CT molecular complexity index is 1390. The van der Waals surface area contributed by atoms with Crippen molar-refractivity contribution in [3.63, 3.8) is 0 Å². The van der Waals surface area contributed by atoms with Gasteiger partial charge in [0.25, 0.3) is 0 Å². The highest BCUT2D eigenvalue weighted by molar-refractivity contribution is 5.89. The van der Waals surface area contributed by atoms with E-state index in [1.807, 2.05) is 18.2 Å². The lowest BCUT2D eigenvalue weighted by atomic mass is 9.94. The van der Waals surface area contributed by atoms with E-state index in [0.29, 0.717) is 17.6 Å². The van der Waals surface area contributed by atoms with Crippen molar-refractivity contribution in [1.29, 1.82) is 0 Å². The number of hydrogen-bond donors (Lipinski definition) is 0. The van der Waals surface area contributed by atoms with Crippen LogP contribution in [0.25, 0.3) is 33.7 Å². The van der Waals surface area contributed by atoms with Crippen LogP contribution in [0.15, 0.2) is 91.0 Å². The van der Waals surface area contributed by atoms with Crippen LogP contribution in [0.5, 0.6) is 5.75 Å². The second-order valence-electron chi connectivity index (χ2n) is 9.02. The Morgan fingerprint density at radius 1 is 0.719 bits per heavy atom. The van der Waals surface area contributed by atoms with Crippen LogP contribution in [0.1, 0.15) is 24.0 Å². The van der Waals surface area contributed by atoms with Crippen molar-refractivity contribution in [3.05, 3.63) is 102 Å². The number of carbonyl (C=O) groups is 1. The number of esters is 1. The zero-order valence-electron chi connectivity index (χ0n) is 17.8. The van der Waals surface area contributed by atoms with E-state index in [1.54, 1.807) is 0 Å². The van der Waals surface area contributed by atoms with Crippen molar-refractivity contribution in [3.8, 4) is 5.75 Å². The molecule has 32 heavy (non-hydrogen) atoms. The van der Waals surface area contributed by atoms with Crippen molar-refractivity contribution < 1.29 is 9.53 Å². The SMILES string of the molecule is O=C(Oc1ccc2cc(C=Cc3ccc4ccccc4c3)ccc2c1)C1CC2C=CC1C2. The molecule has 0 aliphatic heterocycles. The van der Waals surface area contributed by atoms with E-state index in [2.05, 4.69) is 85.0 Å². The monoisotopic (exact) mass is 416 g/mol. The highest BCUT2D eigenvalue weighted by Crippen LogP contribution is 2.44. The second kappa shape index (κ2) is 7.80. The van der Waals surface area contributed by atoms with Crippen LogP contribution in [0, 0.1) is 17.8 Å². The number of rotatable bonds is 4. The molecule has 0 aromatic heterocycles. The van der Waals surface area contributed by atoms with E-state index in [1.165, 1.54) is 16.3 Å². The highest BCUT2D eigenvalue weighted by atomic mass is 16.5. The molecule has 2 nitrogen and oxygen atoms in total. The number of fused-ring (bicyclic) bond motifs is 4. The molecule has 1 saturated carbocycles. The molecular formula is C30H24O2. The summed E-state index contributed by atoms with van der Waals surface area (Å²) in [6, 6.07) is 27.2. The third-order valence-corrected chi connectivity index (χ3v) is 6.88. The lowest BCUT2D eigenvalue weighted by Crippen LogP contribution is -2.23. The zero-order chi connectivity index (χ0) is 21.5. The first-order chi connectivity index (χ1) is 15.7. The van der Waals surface area contributed by atoms with Gasteiger partial charge in [0, 0.05) is 0 Å². The molecule has 4 aromatic carbocycles. The van der Waals surface area contributed by atoms with E-state index < -0.39 is 0 Å².